The largest absolute Gasteiger partial charge is 0.489 e. The van der Waals surface area contributed by atoms with Gasteiger partial charge in [-0.1, -0.05) is 60.7 Å². The molecular weight excluding hydrogens is 540 g/mol. The van der Waals surface area contributed by atoms with Gasteiger partial charge in [-0.15, -0.1) is 0 Å². The monoisotopic (exact) mass is 572 g/mol. The molecule has 0 unspecified atom stereocenters. The quantitative estimate of drug-likeness (QED) is 0.189. The molecule has 2 aromatic heterocycles. The second-order valence-corrected chi connectivity index (χ2v) is 10.3. The van der Waals surface area contributed by atoms with Gasteiger partial charge in [0.15, 0.2) is 5.78 Å². The van der Waals surface area contributed by atoms with Crippen LogP contribution in [0.1, 0.15) is 45.4 Å². The number of hydrogen-bond acceptors (Lipinski definition) is 5. The number of ether oxygens (including phenoxy) is 3. The van der Waals surface area contributed by atoms with Crippen molar-refractivity contribution < 1.29 is 23.8 Å². The van der Waals surface area contributed by atoms with Crippen molar-refractivity contribution in [1.29, 1.82) is 0 Å². The highest BCUT2D eigenvalue weighted by molar-refractivity contribution is 6.02. The third-order valence-electron chi connectivity index (χ3n) is 7.31. The number of nitrogens with zero attached hydrogens (tertiary/aromatic N) is 1. The zero-order valence-corrected chi connectivity index (χ0v) is 23.9. The summed E-state index contributed by atoms with van der Waals surface area (Å²) >= 11 is 0. The zero-order valence-electron chi connectivity index (χ0n) is 23.9. The van der Waals surface area contributed by atoms with E-state index in [4.69, 9.17) is 14.2 Å². The van der Waals surface area contributed by atoms with E-state index in [1.54, 1.807) is 13.0 Å². The molecule has 0 aliphatic carbocycles. The number of aromatic amines is 1. The highest BCUT2D eigenvalue weighted by Crippen LogP contribution is 2.29. The van der Waals surface area contributed by atoms with Gasteiger partial charge in [-0.05, 0) is 66.6 Å². The number of carbonyl (C=O) groups is 2. The van der Waals surface area contributed by atoms with Gasteiger partial charge in [0.25, 0.3) is 0 Å². The Hall–Kier alpha value is -5.30. The number of ketones is 1. The van der Waals surface area contributed by atoms with E-state index in [0.717, 1.165) is 56.7 Å². The summed E-state index contributed by atoms with van der Waals surface area (Å²) in [5.41, 5.74) is 5.54. The van der Waals surface area contributed by atoms with Crippen LogP contribution in [0.3, 0.4) is 0 Å². The molecule has 7 nitrogen and oxygen atoms in total. The van der Waals surface area contributed by atoms with E-state index in [2.05, 4.69) is 9.55 Å². The maximum Gasteiger partial charge on any atom is 0.354 e. The van der Waals surface area contributed by atoms with Crippen LogP contribution in [0.2, 0.25) is 0 Å². The van der Waals surface area contributed by atoms with Crippen molar-refractivity contribution in [2.45, 2.75) is 33.1 Å². The lowest BCUT2D eigenvalue weighted by molar-refractivity contribution is 0.0520. The predicted octanol–water partition coefficient (Wildman–Crippen LogP) is 7.73. The summed E-state index contributed by atoms with van der Waals surface area (Å²) in [6, 6.07) is 35.6. The van der Waals surface area contributed by atoms with E-state index < -0.39 is 0 Å². The highest BCUT2D eigenvalue weighted by Gasteiger charge is 2.22. The number of aromatic nitrogens is 2. The Morgan fingerprint density at radius 2 is 1.40 bits per heavy atom. The van der Waals surface area contributed by atoms with Gasteiger partial charge in [0, 0.05) is 34.8 Å². The van der Waals surface area contributed by atoms with Crippen molar-refractivity contribution in [3.8, 4) is 11.5 Å². The van der Waals surface area contributed by atoms with E-state index in [9.17, 15) is 9.59 Å². The fourth-order valence-corrected chi connectivity index (χ4v) is 5.15. The average molecular weight is 573 g/mol. The van der Waals surface area contributed by atoms with E-state index in [-0.39, 0.29) is 11.8 Å². The van der Waals surface area contributed by atoms with Gasteiger partial charge in [0.2, 0.25) is 0 Å². The Morgan fingerprint density at radius 1 is 0.767 bits per heavy atom. The first-order valence-corrected chi connectivity index (χ1v) is 14.4. The standard InChI is InChI=1S/C18H17NO3.C18H15NO2/c1-2-21-18(20)17-11-14-10-15(8-9-16(14)19-17)22-12-13-6-4-3-5-7-13;20-18-8-9-19-16-7-6-15(10-14(16)11-17(18)19)21-12-13-4-2-1-3-5-13/h3-11,19H,2,12H2,1H3;1-7,10-11H,8-9,12H2. The maximum atomic E-state index is 11.8. The summed E-state index contributed by atoms with van der Waals surface area (Å²) < 4.78 is 18.7. The van der Waals surface area contributed by atoms with Crippen LogP contribution in [-0.2, 0) is 24.5 Å². The van der Waals surface area contributed by atoms with Crippen LogP contribution in [0.4, 0.5) is 0 Å². The minimum absolute atomic E-state index is 0.234. The van der Waals surface area contributed by atoms with E-state index >= 15 is 0 Å². The first-order valence-electron chi connectivity index (χ1n) is 14.4. The van der Waals surface area contributed by atoms with Crippen molar-refractivity contribution >= 4 is 33.6 Å². The van der Waals surface area contributed by atoms with Gasteiger partial charge in [-0.25, -0.2) is 4.79 Å². The summed E-state index contributed by atoms with van der Waals surface area (Å²) in [6.45, 7) is 4.01. The van der Waals surface area contributed by atoms with Gasteiger partial charge in [-0.2, -0.15) is 0 Å². The van der Waals surface area contributed by atoms with E-state index in [0.29, 0.717) is 31.9 Å². The van der Waals surface area contributed by atoms with E-state index in [1.165, 1.54) is 0 Å². The average Bonchev–Trinajstić information content (AvgIpc) is 3.74. The lowest BCUT2D eigenvalue weighted by Gasteiger charge is -2.07. The predicted molar refractivity (Wildman–Crippen MR) is 167 cm³/mol. The number of nitrogens with one attached hydrogen (secondary N) is 1. The number of carbonyl (C=O) groups excluding carboxylic acids is 2. The van der Waals surface area contributed by atoms with Crippen molar-refractivity contribution in [3.05, 3.63) is 132 Å². The van der Waals surface area contributed by atoms with Crippen LogP contribution >= 0.6 is 0 Å². The van der Waals surface area contributed by atoms with Gasteiger partial charge < -0.3 is 23.8 Å². The summed E-state index contributed by atoms with van der Waals surface area (Å²) in [6.07, 6.45) is 0.623. The molecule has 0 saturated carbocycles. The molecule has 4 aromatic carbocycles. The summed E-state index contributed by atoms with van der Waals surface area (Å²) in [4.78, 5) is 26.6. The third kappa shape index (κ3) is 6.46. The summed E-state index contributed by atoms with van der Waals surface area (Å²) in [5.74, 6) is 1.50. The number of rotatable bonds is 8. The number of H-pyrrole nitrogens is 1. The molecule has 216 valence electrons. The van der Waals surface area contributed by atoms with Crippen molar-refractivity contribution in [1.82, 2.24) is 9.55 Å². The minimum atomic E-state index is -0.342. The molecule has 6 aromatic rings. The first-order chi connectivity index (χ1) is 21.1. The lowest BCUT2D eigenvalue weighted by Crippen LogP contribution is -2.04. The molecule has 0 radical (unpaired) electrons. The molecule has 1 aliphatic heterocycles. The number of esters is 1. The topological polar surface area (TPSA) is 82.5 Å². The number of hydrogen-bond donors (Lipinski definition) is 1. The molecule has 0 fully saturated rings. The molecule has 1 N–H and O–H groups in total. The molecule has 0 spiro atoms. The molecule has 0 bridgehead atoms. The van der Waals surface area contributed by atoms with Crippen LogP contribution in [0, 0.1) is 0 Å². The van der Waals surface area contributed by atoms with Crippen LogP contribution < -0.4 is 9.47 Å². The Labute approximate surface area is 249 Å². The second-order valence-electron chi connectivity index (χ2n) is 10.3. The van der Waals surface area contributed by atoms with Crippen molar-refractivity contribution in [3.63, 3.8) is 0 Å². The Bertz CT molecular complexity index is 1870. The van der Waals surface area contributed by atoms with Crippen LogP contribution in [-0.4, -0.2) is 27.9 Å². The molecule has 0 saturated heterocycles. The van der Waals surface area contributed by atoms with Gasteiger partial charge >= 0.3 is 5.97 Å². The number of benzene rings is 4. The zero-order chi connectivity index (χ0) is 29.6. The normalized spacial score (nSPS) is 12.1. The Kier molecular flexibility index (Phi) is 8.22. The second kappa shape index (κ2) is 12.7. The molecule has 7 heteroatoms. The van der Waals surface area contributed by atoms with Crippen LogP contribution in [0.25, 0.3) is 21.8 Å². The van der Waals surface area contributed by atoms with Gasteiger partial charge in [-0.3, -0.25) is 4.79 Å². The smallest absolute Gasteiger partial charge is 0.354 e. The fourth-order valence-electron chi connectivity index (χ4n) is 5.15. The summed E-state index contributed by atoms with van der Waals surface area (Å²) in [5, 5.41) is 2.00. The first kappa shape index (κ1) is 27.8. The SMILES string of the molecule is CCOC(=O)c1cc2cc(OCc3ccccc3)ccc2[nH]1.O=C1CCn2c1cc1cc(OCc3ccccc3)ccc12. The molecular formula is C36H32N2O5. The number of fused-ring (bicyclic) bond motifs is 4. The van der Waals surface area contributed by atoms with Gasteiger partial charge in [0.05, 0.1) is 12.3 Å². The summed E-state index contributed by atoms with van der Waals surface area (Å²) in [7, 11) is 0. The van der Waals surface area contributed by atoms with E-state index in [1.807, 2.05) is 103 Å². The highest BCUT2D eigenvalue weighted by atomic mass is 16.5. The van der Waals surface area contributed by atoms with Crippen molar-refractivity contribution in [2.75, 3.05) is 6.61 Å². The number of Topliss-reactive ketones (excluding diaryl/α,β-unsaturated/α-hetero) is 1. The van der Waals surface area contributed by atoms with Crippen LogP contribution in [0.15, 0.2) is 109 Å². The van der Waals surface area contributed by atoms with Crippen LogP contribution in [0.5, 0.6) is 11.5 Å². The maximum absolute atomic E-state index is 11.8. The molecule has 1 aliphatic rings. The van der Waals surface area contributed by atoms with Crippen molar-refractivity contribution in [2.24, 2.45) is 0 Å². The number of aryl methyl sites for hydroxylation is 1. The molecule has 43 heavy (non-hydrogen) atoms. The lowest BCUT2D eigenvalue weighted by atomic mass is 10.2. The molecule has 3 heterocycles. The molecule has 0 atom stereocenters. The Balaban J connectivity index is 0.000000153. The molecule has 0 amide bonds. The molecule has 7 rings (SSSR count). The minimum Gasteiger partial charge on any atom is -0.489 e. The third-order valence-corrected chi connectivity index (χ3v) is 7.31. The Morgan fingerprint density at radius 3 is 2.05 bits per heavy atom. The fraction of sp³-hybridized carbons (Fsp3) is 0.167. The van der Waals surface area contributed by atoms with Gasteiger partial charge in [0.1, 0.15) is 30.4 Å².